The fourth-order valence-electron chi connectivity index (χ4n) is 5.97. The van der Waals surface area contributed by atoms with Gasteiger partial charge in [0, 0.05) is 26.1 Å². The van der Waals surface area contributed by atoms with Crippen LogP contribution >= 0.6 is 39.0 Å². The van der Waals surface area contributed by atoms with Gasteiger partial charge in [0.2, 0.25) is 0 Å². The van der Waals surface area contributed by atoms with E-state index in [0.717, 1.165) is 26.4 Å². The number of aromatic amines is 1. The number of halogens is 1. The number of rotatable bonds is 1. The Morgan fingerprint density at radius 1 is 1.29 bits per heavy atom. The number of aliphatic carboxylic acids is 1. The van der Waals surface area contributed by atoms with Crippen LogP contribution in [-0.4, -0.2) is 27.3 Å². The SMILES string of the molecule is O=C(O)[C@@H]1[C@@H]2C[C@@H]3[C@@H]1C(=O)Oc1ccc(Br)cc1[C@@H]1c4sc(=O)[nH]c4S[C@@H]2[C@H]13. The minimum Gasteiger partial charge on any atom is -0.481 e. The average Bonchev–Trinajstić information content (AvgIpc) is 3.30. The molecule has 6 rings (SSSR count). The average molecular weight is 480 g/mol. The van der Waals surface area contributed by atoms with E-state index in [-0.39, 0.29) is 33.8 Å². The predicted molar refractivity (Wildman–Crippen MR) is 106 cm³/mol. The second-order valence-corrected chi connectivity index (χ2v) is 11.0. The third-order valence-electron chi connectivity index (χ3n) is 6.79. The molecule has 0 unspecified atom stereocenters. The van der Waals surface area contributed by atoms with E-state index in [4.69, 9.17) is 4.74 Å². The van der Waals surface area contributed by atoms with Gasteiger partial charge in [-0.1, -0.05) is 27.3 Å². The monoisotopic (exact) mass is 479 g/mol. The number of thiazole rings is 1. The number of thioether (sulfide) groups is 1. The first-order valence-electron chi connectivity index (χ1n) is 9.07. The molecule has 28 heavy (non-hydrogen) atoms. The van der Waals surface area contributed by atoms with Gasteiger partial charge < -0.3 is 14.8 Å². The van der Waals surface area contributed by atoms with E-state index in [1.165, 1.54) is 11.3 Å². The molecule has 2 aromatic rings. The molecule has 1 aromatic carbocycles. The van der Waals surface area contributed by atoms with Crippen molar-refractivity contribution in [1.82, 2.24) is 4.98 Å². The zero-order valence-corrected chi connectivity index (χ0v) is 17.5. The molecule has 9 heteroatoms. The van der Waals surface area contributed by atoms with E-state index in [0.29, 0.717) is 5.75 Å². The zero-order valence-electron chi connectivity index (χ0n) is 14.3. The quantitative estimate of drug-likeness (QED) is 0.481. The van der Waals surface area contributed by atoms with Crippen LogP contribution in [0.4, 0.5) is 0 Å². The van der Waals surface area contributed by atoms with Crippen molar-refractivity contribution in [2.24, 2.45) is 29.6 Å². The topological polar surface area (TPSA) is 96.5 Å². The third-order valence-corrected chi connectivity index (χ3v) is 9.87. The smallest absolute Gasteiger partial charge is 0.315 e. The van der Waals surface area contributed by atoms with E-state index in [1.54, 1.807) is 17.8 Å². The molecule has 2 fully saturated rings. The number of fused-ring (bicyclic) bond motifs is 6. The fraction of sp³-hybridized carbons (Fsp3) is 0.421. The van der Waals surface area contributed by atoms with Gasteiger partial charge >= 0.3 is 16.8 Å². The number of hydrogen-bond acceptors (Lipinski definition) is 6. The van der Waals surface area contributed by atoms with Gasteiger partial charge in [0.15, 0.2) is 0 Å². The number of carbonyl (C=O) groups excluding carboxylic acids is 1. The first-order valence-corrected chi connectivity index (χ1v) is 11.6. The predicted octanol–water partition coefficient (Wildman–Crippen LogP) is 3.31. The Bertz CT molecular complexity index is 1110. The molecule has 0 spiro atoms. The van der Waals surface area contributed by atoms with Crippen LogP contribution in [0.2, 0.25) is 0 Å². The fourth-order valence-corrected chi connectivity index (χ4v) is 9.23. The molecule has 4 aliphatic rings. The van der Waals surface area contributed by atoms with Crippen LogP contribution in [0, 0.1) is 29.6 Å². The molecular formula is C19H14BrNO5S2. The Kier molecular flexibility index (Phi) is 3.54. The van der Waals surface area contributed by atoms with Crippen molar-refractivity contribution in [3.63, 3.8) is 0 Å². The molecule has 0 saturated heterocycles. The summed E-state index contributed by atoms with van der Waals surface area (Å²) < 4.78 is 6.63. The summed E-state index contributed by atoms with van der Waals surface area (Å²) in [5.41, 5.74) is 0.896. The normalized spacial score (nSPS) is 36.9. The van der Waals surface area contributed by atoms with Crippen LogP contribution < -0.4 is 9.61 Å². The summed E-state index contributed by atoms with van der Waals surface area (Å²) in [6.45, 7) is 0. The molecule has 2 bridgehead atoms. The summed E-state index contributed by atoms with van der Waals surface area (Å²) in [5.74, 6) is -2.33. The summed E-state index contributed by atoms with van der Waals surface area (Å²) in [5, 5.41) is 10.8. The van der Waals surface area contributed by atoms with Gasteiger partial charge in [0.05, 0.1) is 16.9 Å². The number of aromatic nitrogens is 1. The lowest BCUT2D eigenvalue weighted by molar-refractivity contribution is -0.156. The largest absolute Gasteiger partial charge is 0.481 e. The van der Waals surface area contributed by atoms with Gasteiger partial charge in [-0.2, -0.15) is 0 Å². The number of carbonyl (C=O) groups is 2. The highest BCUT2D eigenvalue weighted by atomic mass is 79.9. The summed E-state index contributed by atoms with van der Waals surface area (Å²) in [4.78, 5) is 41.0. The van der Waals surface area contributed by atoms with Gasteiger partial charge in [-0.25, -0.2) is 0 Å². The standard InChI is InChI=1S/C19H14BrNO5S2/c20-5-1-2-9-6(3-5)10-11-7-4-8(12(17(22)23)13(7)18(24)26-9)14(11)27-16-15(10)28-19(25)21-16/h1-3,7-8,10-14H,4H2,(H,21,25)(H,22,23)/t7-,8-,10-,11-,12+,13-,14-/m0/s1. The highest BCUT2D eigenvalue weighted by Gasteiger charge is 2.67. The molecule has 7 atom stereocenters. The van der Waals surface area contributed by atoms with Gasteiger partial charge in [0.1, 0.15) is 5.75 Å². The summed E-state index contributed by atoms with van der Waals surface area (Å²) >= 11 is 6.33. The highest BCUT2D eigenvalue weighted by molar-refractivity contribution is 9.10. The van der Waals surface area contributed by atoms with Crippen molar-refractivity contribution in [1.29, 1.82) is 0 Å². The lowest BCUT2D eigenvalue weighted by Gasteiger charge is -2.45. The molecule has 144 valence electrons. The summed E-state index contributed by atoms with van der Waals surface area (Å²) in [6, 6.07) is 5.54. The van der Waals surface area contributed by atoms with Crippen molar-refractivity contribution in [2.45, 2.75) is 22.6 Å². The first-order chi connectivity index (χ1) is 13.4. The Labute approximate surface area is 175 Å². The maximum Gasteiger partial charge on any atom is 0.315 e. The molecule has 2 aliphatic carbocycles. The maximum atomic E-state index is 13.0. The first kappa shape index (κ1) is 17.3. The Morgan fingerprint density at radius 3 is 2.89 bits per heavy atom. The second-order valence-electron chi connectivity index (χ2n) is 7.90. The van der Waals surface area contributed by atoms with Crippen molar-refractivity contribution in [2.75, 3.05) is 0 Å². The number of esters is 1. The van der Waals surface area contributed by atoms with E-state index >= 15 is 0 Å². The number of hydrogen-bond donors (Lipinski definition) is 2. The van der Waals surface area contributed by atoms with Crippen LogP contribution in [0.5, 0.6) is 5.75 Å². The maximum absolute atomic E-state index is 13.0. The van der Waals surface area contributed by atoms with E-state index in [1.807, 2.05) is 12.1 Å². The molecular weight excluding hydrogens is 466 g/mol. The molecule has 2 N–H and O–H groups in total. The minimum absolute atomic E-state index is 0.0430. The number of H-pyrrole nitrogens is 1. The van der Waals surface area contributed by atoms with E-state index in [2.05, 4.69) is 20.9 Å². The molecule has 3 heterocycles. The minimum atomic E-state index is -0.925. The van der Waals surface area contributed by atoms with Gasteiger partial charge in [-0.3, -0.25) is 14.4 Å². The molecule has 1 aromatic heterocycles. The van der Waals surface area contributed by atoms with E-state index < -0.39 is 23.8 Å². The third kappa shape index (κ3) is 2.12. The zero-order chi connectivity index (χ0) is 19.3. The van der Waals surface area contributed by atoms with Gasteiger partial charge in [-0.15, -0.1) is 11.8 Å². The van der Waals surface area contributed by atoms with Crippen molar-refractivity contribution in [3.05, 3.63) is 42.8 Å². The lowest BCUT2D eigenvalue weighted by atomic mass is 9.66. The van der Waals surface area contributed by atoms with Crippen LogP contribution in [0.1, 0.15) is 22.8 Å². The Balaban J connectivity index is 1.64. The van der Waals surface area contributed by atoms with Crippen molar-refractivity contribution < 1.29 is 19.4 Å². The number of carboxylic acid groups (broad SMARTS) is 1. The van der Waals surface area contributed by atoms with Crippen molar-refractivity contribution in [3.8, 4) is 5.75 Å². The molecule has 2 saturated carbocycles. The van der Waals surface area contributed by atoms with Crippen LogP contribution in [0.3, 0.4) is 0 Å². The number of nitrogens with one attached hydrogen (secondary N) is 1. The van der Waals surface area contributed by atoms with Crippen LogP contribution in [0.15, 0.2) is 32.5 Å². The van der Waals surface area contributed by atoms with Gasteiger partial charge in [0.25, 0.3) is 0 Å². The second kappa shape index (κ2) is 5.73. The molecule has 0 amide bonds. The van der Waals surface area contributed by atoms with E-state index in [9.17, 15) is 19.5 Å². The van der Waals surface area contributed by atoms with Gasteiger partial charge in [-0.05, 0) is 42.4 Å². The summed E-state index contributed by atoms with van der Waals surface area (Å²) in [7, 11) is 0. The molecule has 6 nitrogen and oxygen atoms in total. The highest BCUT2D eigenvalue weighted by Crippen LogP contribution is 2.68. The van der Waals surface area contributed by atoms with Crippen LogP contribution in [0.25, 0.3) is 0 Å². The number of benzene rings is 1. The Morgan fingerprint density at radius 2 is 2.11 bits per heavy atom. The molecule has 0 radical (unpaired) electrons. The van der Waals surface area contributed by atoms with Crippen molar-refractivity contribution >= 4 is 51.0 Å². The summed E-state index contributed by atoms with van der Waals surface area (Å²) in [6.07, 6.45) is 0.720. The van der Waals surface area contributed by atoms with Crippen LogP contribution in [-0.2, 0) is 9.59 Å². The lowest BCUT2D eigenvalue weighted by Crippen LogP contribution is -2.49. The molecule has 2 aliphatic heterocycles. The number of carboxylic acids is 1. The Hall–Kier alpha value is -1.58. The number of ether oxygens (including phenoxy) is 1.